The molecule has 17 heavy (non-hydrogen) atoms. The van der Waals surface area contributed by atoms with Gasteiger partial charge in [0, 0.05) is 23.2 Å². The lowest BCUT2D eigenvalue weighted by molar-refractivity contribution is 0.0950. The molecule has 0 atom stereocenters. The first kappa shape index (κ1) is 12.6. The van der Waals surface area contributed by atoms with Crippen molar-refractivity contribution in [1.82, 2.24) is 5.32 Å². The fraction of sp³-hybridized carbons (Fsp3) is 0.462. The maximum absolute atomic E-state index is 11.9. The van der Waals surface area contributed by atoms with Crippen molar-refractivity contribution >= 4 is 21.8 Å². The first-order valence-electron chi connectivity index (χ1n) is 5.70. The molecule has 92 valence electrons. The molecule has 0 bridgehead atoms. The van der Waals surface area contributed by atoms with Crippen LogP contribution in [0.1, 0.15) is 34.3 Å². The number of methoxy groups -OCH3 is 1. The summed E-state index contributed by atoms with van der Waals surface area (Å²) in [6, 6.07) is 4.15. The molecule has 1 aliphatic rings. The summed E-state index contributed by atoms with van der Waals surface area (Å²) in [6.07, 6.45) is 2.20. The van der Waals surface area contributed by atoms with Crippen LogP contribution < -0.4 is 5.32 Å². The Hall–Kier alpha value is -0.870. The molecule has 0 aliphatic heterocycles. The summed E-state index contributed by atoms with van der Waals surface area (Å²) in [5.74, 6) is 0.00514. The summed E-state index contributed by atoms with van der Waals surface area (Å²) in [5, 5.41) is 2.99. The minimum absolute atomic E-state index is 0.00514. The van der Waals surface area contributed by atoms with Crippen molar-refractivity contribution in [2.24, 2.45) is 0 Å². The van der Waals surface area contributed by atoms with E-state index < -0.39 is 0 Å². The molecule has 0 saturated heterocycles. The average molecular weight is 298 g/mol. The number of rotatable bonds is 4. The molecule has 4 heteroatoms. The van der Waals surface area contributed by atoms with Gasteiger partial charge in [-0.15, -0.1) is 0 Å². The highest BCUT2D eigenvalue weighted by molar-refractivity contribution is 9.10. The molecule has 0 unspecified atom stereocenters. The van der Waals surface area contributed by atoms with Crippen LogP contribution in [-0.2, 0) is 11.3 Å². The number of hydrogen-bond donors (Lipinski definition) is 1. The van der Waals surface area contributed by atoms with E-state index in [0.717, 1.165) is 28.4 Å². The van der Waals surface area contributed by atoms with Crippen molar-refractivity contribution in [1.29, 1.82) is 0 Å². The van der Waals surface area contributed by atoms with Crippen LogP contribution in [0.5, 0.6) is 0 Å². The summed E-state index contributed by atoms with van der Waals surface area (Å²) < 4.78 is 6.09. The Labute approximate surface area is 110 Å². The van der Waals surface area contributed by atoms with E-state index in [9.17, 15) is 4.79 Å². The Kier molecular flexibility index (Phi) is 3.84. The van der Waals surface area contributed by atoms with Crippen LogP contribution in [0.25, 0.3) is 0 Å². The first-order chi connectivity index (χ1) is 8.11. The SMILES string of the molecule is COCc1cc(C(=O)NC2CC2)cc(Br)c1C. The maximum Gasteiger partial charge on any atom is 0.251 e. The number of ether oxygens (including phenoxy) is 1. The van der Waals surface area contributed by atoms with E-state index in [1.54, 1.807) is 7.11 Å². The molecule has 3 nitrogen and oxygen atoms in total. The highest BCUT2D eigenvalue weighted by atomic mass is 79.9. The molecular weight excluding hydrogens is 282 g/mol. The topological polar surface area (TPSA) is 38.3 Å². The Balaban J connectivity index is 2.23. The Morgan fingerprint density at radius 2 is 2.24 bits per heavy atom. The minimum Gasteiger partial charge on any atom is -0.380 e. The van der Waals surface area contributed by atoms with Crippen LogP contribution in [0.4, 0.5) is 0 Å². The Bertz CT molecular complexity index is 441. The zero-order valence-corrected chi connectivity index (χ0v) is 11.6. The van der Waals surface area contributed by atoms with Gasteiger partial charge in [-0.2, -0.15) is 0 Å². The molecule has 1 saturated carbocycles. The van der Waals surface area contributed by atoms with Crippen molar-refractivity contribution in [3.63, 3.8) is 0 Å². The second kappa shape index (κ2) is 5.19. The third-order valence-electron chi connectivity index (χ3n) is 2.93. The highest BCUT2D eigenvalue weighted by Gasteiger charge is 2.24. The molecule has 1 aliphatic carbocycles. The summed E-state index contributed by atoms with van der Waals surface area (Å²) in [4.78, 5) is 11.9. The van der Waals surface area contributed by atoms with Crippen LogP contribution >= 0.6 is 15.9 Å². The summed E-state index contributed by atoms with van der Waals surface area (Å²) in [5.41, 5.74) is 2.86. The van der Waals surface area contributed by atoms with E-state index in [1.807, 2.05) is 19.1 Å². The van der Waals surface area contributed by atoms with E-state index in [2.05, 4.69) is 21.2 Å². The molecule has 1 amide bonds. The highest BCUT2D eigenvalue weighted by Crippen LogP contribution is 2.24. The van der Waals surface area contributed by atoms with Gasteiger partial charge in [-0.1, -0.05) is 15.9 Å². The van der Waals surface area contributed by atoms with Gasteiger partial charge in [0.25, 0.3) is 5.91 Å². The van der Waals surface area contributed by atoms with Crippen molar-refractivity contribution in [2.45, 2.75) is 32.4 Å². The second-order valence-electron chi connectivity index (χ2n) is 4.42. The van der Waals surface area contributed by atoms with Crippen molar-refractivity contribution in [3.8, 4) is 0 Å². The molecule has 0 spiro atoms. The van der Waals surface area contributed by atoms with Crippen molar-refractivity contribution in [2.75, 3.05) is 7.11 Å². The molecule has 0 radical (unpaired) electrons. The smallest absolute Gasteiger partial charge is 0.251 e. The summed E-state index contributed by atoms with van der Waals surface area (Å²) in [7, 11) is 1.66. The van der Waals surface area contributed by atoms with Crippen molar-refractivity contribution < 1.29 is 9.53 Å². The zero-order valence-electron chi connectivity index (χ0n) is 10.0. The molecule has 0 heterocycles. The predicted octanol–water partition coefficient (Wildman–Crippen LogP) is 2.80. The van der Waals surface area contributed by atoms with E-state index >= 15 is 0 Å². The lowest BCUT2D eigenvalue weighted by Gasteiger charge is -2.10. The van der Waals surface area contributed by atoms with Gasteiger partial charge in [-0.05, 0) is 43.0 Å². The van der Waals surface area contributed by atoms with Gasteiger partial charge in [0.2, 0.25) is 0 Å². The largest absolute Gasteiger partial charge is 0.380 e. The number of hydrogen-bond acceptors (Lipinski definition) is 2. The normalized spacial score (nSPS) is 14.8. The minimum atomic E-state index is 0.00514. The van der Waals surface area contributed by atoms with Gasteiger partial charge in [-0.25, -0.2) is 0 Å². The first-order valence-corrected chi connectivity index (χ1v) is 6.50. The standard InChI is InChI=1S/C13H16BrNO2/c1-8-10(7-17-2)5-9(6-12(8)14)13(16)15-11-3-4-11/h5-6,11H,3-4,7H2,1-2H3,(H,15,16). The second-order valence-corrected chi connectivity index (χ2v) is 5.28. The average Bonchev–Trinajstić information content (AvgIpc) is 3.08. The monoisotopic (exact) mass is 297 g/mol. The van der Waals surface area contributed by atoms with Crippen LogP contribution in [0.15, 0.2) is 16.6 Å². The zero-order chi connectivity index (χ0) is 12.4. The van der Waals surface area contributed by atoms with Gasteiger partial charge in [0.15, 0.2) is 0 Å². The molecule has 0 aromatic heterocycles. The van der Waals surface area contributed by atoms with Crippen LogP contribution in [-0.4, -0.2) is 19.1 Å². The van der Waals surface area contributed by atoms with Crippen molar-refractivity contribution in [3.05, 3.63) is 33.3 Å². The number of halogens is 1. The molecule has 1 N–H and O–H groups in total. The molecule has 2 rings (SSSR count). The van der Waals surface area contributed by atoms with Gasteiger partial charge in [-0.3, -0.25) is 4.79 Å². The van der Waals surface area contributed by atoms with E-state index in [4.69, 9.17) is 4.74 Å². The Morgan fingerprint density at radius 3 is 2.82 bits per heavy atom. The quantitative estimate of drug-likeness (QED) is 0.928. The number of carbonyl (C=O) groups excluding carboxylic acids is 1. The summed E-state index contributed by atoms with van der Waals surface area (Å²) >= 11 is 3.48. The summed E-state index contributed by atoms with van der Waals surface area (Å²) in [6.45, 7) is 2.54. The van der Waals surface area contributed by atoms with Gasteiger partial charge in [0.1, 0.15) is 0 Å². The number of carbonyl (C=O) groups is 1. The lowest BCUT2D eigenvalue weighted by Crippen LogP contribution is -2.25. The van der Waals surface area contributed by atoms with Crippen LogP contribution in [0.3, 0.4) is 0 Å². The fourth-order valence-corrected chi connectivity index (χ4v) is 2.17. The number of benzene rings is 1. The molecule has 1 aromatic rings. The number of amides is 1. The van der Waals surface area contributed by atoms with E-state index in [0.29, 0.717) is 18.2 Å². The van der Waals surface area contributed by atoms with Crippen LogP contribution in [0.2, 0.25) is 0 Å². The molecular formula is C13H16BrNO2. The van der Waals surface area contributed by atoms with Gasteiger partial charge in [0.05, 0.1) is 6.61 Å². The molecule has 1 aromatic carbocycles. The van der Waals surface area contributed by atoms with E-state index in [-0.39, 0.29) is 5.91 Å². The fourth-order valence-electron chi connectivity index (χ4n) is 1.67. The third-order valence-corrected chi connectivity index (χ3v) is 3.75. The predicted molar refractivity (Wildman–Crippen MR) is 70.1 cm³/mol. The van der Waals surface area contributed by atoms with E-state index in [1.165, 1.54) is 0 Å². The maximum atomic E-state index is 11.9. The number of nitrogens with one attached hydrogen (secondary N) is 1. The third kappa shape index (κ3) is 3.07. The molecule has 1 fully saturated rings. The Morgan fingerprint density at radius 1 is 1.53 bits per heavy atom. The lowest BCUT2D eigenvalue weighted by atomic mass is 10.1. The van der Waals surface area contributed by atoms with Gasteiger partial charge >= 0.3 is 0 Å². The van der Waals surface area contributed by atoms with Gasteiger partial charge < -0.3 is 10.1 Å². The van der Waals surface area contributed by atoms with Crippen LogP contribution in [0, 0.1) is 6.92 Å².